The van der Waals surface area contributed by atoms with Gasteiger partial charge in [-0.2, -0.15) is 8.78 Å². The molecule has 0 aromatic heterocycles. The van der Waals surface area contributed by atoms with Gasteiger partial charge in [-0.1, -0.05) is 79.9 Å². The van der Waals surface area contributed by atoms with Gasteiger partial charge in [-0.3, -0.25) is 0 Å². The molecular formula is C36H26ClF7O. The first-order valence-corrected chi connectivity index (χ1v) is 14.5. The Morgan fingerprint density at radius 3 is 1.67 bits per heavy atom. The minimum Gasteiger partial charge on any atom is -0.429 e. The number of benzene rings is 5. The van der Waals surface area contributed by atoms with Gasteiger partial charge in [0.1, 0.15) is 45.4 Å². The van der Waals surface area contributed by atoms with Gasteiger partial charge >= 0.3 is 6.11 Å². The van der Waals surface area contributed by atoms with Gasteiger partial charge < -0.3 is 4.74 Å². The fourth-order valence-corrected chi connectivity index (χ4v) is 5.12. The fourth-order valence-electron chi connectivity index (χ4n) is 5.02. The van der Waals surface area contributed by atoms with E-state index in [1.165, 1.54) is 29.8 Å². The second kappa shape index (κ2) is 13.4. The quantitative estimate of drug-likeness (QED) is 0.0837. The lowest BCUT2D eigenvalue weighted by molar-refractivity contribution is -0.189. The second-order valence-electron chi connectivity index (χ2n) is 10.6. The van der Waals surface area contributed by atoms with Crippen LogP contribution in [0.4, 0.5) is 30.7 Å². The Bertz CT molecular complexity index is 1770. The molecule has 5 aromatic rings. The number of unbranched alkanes of at least 4 members (excludes halogenated alkanes) is 2. The van der Waals surface area contributed by atoms with E-state index in [1.807, 2.05) is 24.3 Å². The predicted octanol–water partition coefficient (Wildman–Crippen LogP) is 11.9. The molecule has 0 radical (unpaired) electrons. The summed E-state index contributed by atoms with van der Waals surface area (Å²) in [5.41, 5.74) is 0.690. The molecule has 0 atom stereocenters. The number of alkyl halides is 2. The average Bonchev–Trinajstić information content (AvgIpc) is 2.99. The molecule has 0 heterocycles. The van der Waals surface area contributed by atoms with E-state index in [1.54, 1.807) is 6.07 Å². The lowest BCUT2D eigenvalue weighted by atomic mass is 9.97. The van der Waals surface area contributed by atoms with Gasteiger partial charge in [0.15, 0.2) is 0 Å². The van der Waals surface area contributed by atoms with Gasteiger partial charge in [0.05, 0.1) is 0 Å². The Balaban J connectivity index is 1.34. The molecular weight excluding hydrogens is 617 g/mol. The zero-order valence-electron chi connectivity index (χ0n) is 23.9. The highest BCUT2D eigenvalue weighted by Crippen LogP contribution is 2.38. The summed E-state index contributed by atoms with van der Waals surface area (Å²) in [6.45, 7) is 2.13. The molecule has 0 amide bonds. The van der Waals surface area contributed by atoms with Crippen LogP contribution in [-0.4, -0.2) is 0 Å². The number of hydrogen-bond acceptors (Lipinski definition) is 1. The predicted molar refractivity (Wildman–Crippen MR) is 162 cm³/mol. The van der Waals surface area contributed by atoms with Crippen LogP contribution in [0.3, 0.4) is 0 Å². The van der Waals surface area contributed by atoms with Crippen LogP contribution in [0.15, 0.2) is 91.0 Å². The standard InChI is InChI=1S/C36H26ClF7O/c1-2-3-4-5-21-6-8-22(9-7-21)24-12-15-28(29(38)16-24)26-19-30(39)34(31(40)20-26)36(43,44)45-27-13-10-23(11-14-27)25-17-32(41)35(37)33(42)18-25/h6-20H,2-5H2,1H3. The molecule has 0 aliphatic heterocycles. The molecule has 0 saturated carbocycles. The highest BCUT2D eigenvalue weighted by molar-refractivity contribution is 6.31. The highest BCUT2D eigenvalue weighted by atomic mass is 35.5. The average molecular weight is 643 g/mol. The summed E-state index contributed by atoms with van der Waals surface area (Å²) in [7, 11) is 0. The smallest absolute Gasteiger partial charge is 0.429 e. The van der Waals surface area contributed by atoms with Crippen LogP contribution in [0.25, 0.3) is 33.4 Å². The molecule has 0 spiro atoms. The maximum atomic E-state index is 15.1. The molecule has 1 nitrogen and oxygen atoms in total. The molecule has 0 aliphatic rings. The maximum absolute atomic E-state index is 15.1. The topological polar surface area (TPSA) is 9.23 Å². The summed E-state index contributed by atoms with van der Waals surface area (Å²) in [5.74, 6) is -6.55. The SMILES string of the molecule is CCCCCc1ccc(-c2ccc(-c3cc(F)c(C(F)(F)Oc4ccc(-c5cc(F)c(Cl)c(F)c5)cc4)c(F)c3)c(F)c2)cc1. The third kappa shape index (κ3) is 7.17. The molecule has 5 aromatic carbocycles. The van der Waals surface area contributed by atoms with E-state index < -0.39 is 51.5 Å². The first-order valence-electron chi connectivity index (χ1n) is 14.2. The number of aryl methyl sites for hydroxylation is 1. The van der Waals surface area contributed by atoms with Crippen molar-refractivity contribution in [2.75, 3.05) is 0 Å². The molecule has 0 fully saturated rings. The number of rotatable bonds is 10. The van der Waals surface area contributed by atoms with Crippen molar-refractivity contribution in [1.29, 1.82) is 0 Å². The van der Waals surface area contributed by atoms with Crippen LogP contribution in [0.5, 0.6) is 5.75 Å². The Morgan fingerprint density at radius 2 is 1.09 bits per heavy atom. The van der Waals surface area contributed by atoms with Crippen molar-refractivity contribution in [2.45, 2.75) is 38.7 Å². The van der Waals surface area contributed by atoms with E-state index in [0.29, 0.717) is 17.7 Å². The van der Waals surface area contributed by atoms with E-state index in [2.05, 4.69) is 11.7 Å². The van der Waals surface area contributed by atoms with Crippen molar-refractivity contribution >= 4 is 11.6 Å². The van der Waals surface area contributed by atoms with Gasteiger partial charge in [-0.15, -0.1) is 0 Å². The number of halogens is 8. The normalized spacial score (nSPS) is 11.6. The zero-order valence-corrected chi connectivity index (χ0v) is 24.7. The van der Waals surface area contributed by atoms with Gasteiger partial charge in [-0.05, 0) is 88.7 Å². The van der Waals surface area contributed by atoms with Crippen molar-refractivity contribution < 1.29 is 35.5 Å². The highest BCUT2D eigenvalue weighted by Gasteiger charge is 2.41. The monoisotopic (exact) mass is 642 g/mol. The molecule has 0 unspecified atom stereocenters. The van der Waals surface area contributed by atoms with Crippen molar-refractivity contribution in [2.24, 2.45) is 0 Å². The molecule has 5 rings (SSSR count). The van der Waals surface area contributed by atoms with Crippen LogP contribution in [0.2, 0.25) is 5.02 Å². The maximum Gasteiger partial charge on any atom is 0.432 e. The molecule has 45 heavy (non-hydrogen) atoms. The van der Waals surface area contributed by atoms with Crippen LogP contribution >= 0.6 is 11.6 Å². The Kier molecular flexibility index (Phi) is 9.53. The summed E-state index contributed by atoms with van der Waals surface area (Å²) >= 11 is 5.49. The Hall–Kier alpha value is -4.30. The van der Waals surface area contributed by atoms with Crippen molar-refractivity contribution in [3.8, 4) is 39.1 Å². The molecule has 232 valence electrons. The number of hydrogen-bond donors (Lipinski definition) is 0. The van der Waals surface area contributed by atoms with Crippen molar-refractivity contribution in [3.05, 3.63) is 136 Å². The largest absolute Gasteiger partial charge is 0.432 e. The van der Waals surface area contributed by atoms with Gasteiger partial charge in [0, 0.05) is 5.56 Å². The minimum atomic E-state index is -4.46. The van der Waals surface area contributed by atoms with E-state index in [4.69, 9.17) is 11.6 Å². The minimum absolute atomic E-state index is 0.0800. The van der Waals surface area contributed by atoms with Crippen LogP contribution < -0.4 is 4.74 Å². The fraction of sp³-hybridized carbons (Fsp3) is 0.167. The van der Waals surface area contributed by atoms with Crippen molar-refractivity contribution in [1.82, 2.24) is 0 Å². The zero-order chi connectivity index (χ0) is 32.3. The lowest BCUT2D eigenvalue weighted by Gasteiger charge is -2.20. The summed E-state index contributed by atoms with van der Waals surface area (Å²) in [4.78, 5) is 0. The van der Waals surface area contributed by atoms with E-state index in [0.717, 1.165) is 55.5 Å². The summed E-state index contributed by atoms with van der Waals surface area (Å²) in [6.07, 6.45) is -0.187. The first kappa shape index (κ1) is 32.1. The molecule has 0 saturated heterocycles. The van der Waals surface area contributed by atoms with Gasteiger partial charge in [-0.25, -0.2) is 22.0 Å². The lowest BCUT2D eigenvalue weighted by Crippen LogP contribution is -2.25. The second-order valence-corrected chi connectivity index (χ2v) is 10.9. The van der Waals surface area contributed by atoms with Gasteiger partial charge in [0.25, 0.3) is 0 Å². The first-order chi connectivity index (χ1) is 21.5. The van der Waals surface area contributed by atoms with E-state index in [-0.39, 0.29) is 22.3 Å². The summed E-state index contributed by atoms with van der Waals surface area (Å²) in [5, 5.41) is -0.688. The van der Waals surface area contributed by atoms with Crippen LogP contribution in [0, 0.1) is 29.1 Å². The van der Waals surface area contributed by atoms with Crippen LogP contribution in [0.1, 0.15) is 37.3 Å². The van der Waals surface area contributed by atoms with E-state index in [9.17, 15) is 8.78 Å². The third-order valence-electron chi connectivity index (χ3n) is 7.39. The molecule has 9 heteroatoms. The van der Waals surface area contributed by atoms with E-state index >= 15 is 22.0 Å². The van der Waals surface area contributed by atoms with Crippen LogP contribution in [-0.2, 0) is 12.5 Å². The molecule has 0 aliphatic carbocycles. The third-order valence-corrected chi connectivity index (χ3v) is 7.75. The Morgan fingerprint density at radius 1 is 0.578 bits per heavy atom. The van der Waals surface area contributed by atoms with Crippen molar-refractivity contribution in [3.63, 3.8) is 0 Å². The summed E-state index contributed by atoms with van der Waals surface area (Å²) in [6, 6.07) is 19.6. The molecule has 0 bridgehead atoms. The molecule has 0 N–H and O–H groups in total. The summed E-state index contributed by atoms with van der Waals surface area (Å²) < 4.78 is 107. The Labute approximate surface area is 260 Å². The van der Waals surface area contributed by atoms with Gasteiger partial charge in [0.2, 0.25) is 0 Å². The number of ether oxygens (including phenoxy) is 1.